The van der Waals surface area contributed by atoms with Crippen molar-refractivity contribution in [2.75, 3.05) is 0 Å². The number of aromatic nitrogens is 3. The molecular formula is C50H33N3. The van der Waals surface area contributed by atoms with Crippen molar-refractivity contribution in [1.82, 2.24) is 14.5 Å². The molecule has 0 N–H and O–H groups in total. The van der Waals surface area contributed by atoms with Gasteiger partial charge in [0.1, 0.15) is 0 Å². The third kappa shape index (κ3) is 5.47. The maximum Gasteiger partial charge on any atom is 0.235 e. The third-order valence-corrected chi connectivity index (χ3v) is 10.2. The molecule has 2 heterocycles. The lowest BCUT2D eigenvalue weighted by Gasteiger charge is -2.15. The molecule has 0 spiro atoms. The highest BCUT2D eigenvalue weighted by Gasteiger charge is 2.18. The Balaban J connectivity index is 1.19. The summed E-state index contributed by atoms with van der Waals surface area (Å²) in [6, 6.07) is 71.0. The average Bonchev–Trinajstić information content (AvgIpc) is 3.58. The molecule has 0 bridgehead atoms. The number of para-hydroxylation sites is 2. The Hall–Kier alpha value is -7.10. The largest absolute Gasteiger partial charge is 0.278 e. The van der Waals surface area contributed by atoms with Crippen LogP contribution in [-0.4, -0.2) is 14.5 Å². The summed E-state index contributed by atoms with van der Waals surface area (Å²) in [5.74, 6) is 0.641. The molecular weight excluding hydrogens is 643 g/mol. The maximum atomic E-state index is 5.37. The first-order valence-electron chi connectivity index (χ1n) is 18.0. The highest BCUT2D eigenvalue weighted by atomic mass is 15.2. The molecule has 8 aromatic carbocycles. The van der Waals surface area contributed by atoms with Gasteiger partial charge in [0.15, 0.2) is 0 Å². The smallest absolute Gasteiger partial charge is 0.235 e. The highest BCUT2D eigenvalue weighted by Crippen LogP contribution is 2.39. The predicted molar refractivity (Wildman–Crippen MR) is 221 cm³/mol. The van der Waals surface area contributed by atoms with E-state index in [1.165, 1.54) is 43.8 Å². The molecule has 0 aliphatic heterocycles. The fourth-order valence-electron chi connectivity index (χ4n) is 7.74. The zero-order valence-corrected chi connectivity index (χ0v) is 28.9. The molecule has 0 unspecified atom stereocenters. The van der Waals surface area contributed by atoms with E-state index in [0.29, 0.717) is 5.95 Å². The van der Waals surface area contributed by atoms with Gasteiger partial charge in [0.05, 0.1) is 22.4 Å². The van der Waals surface area contributed by atoms with Crippen molar-refractivity contribution in [3.8, 4) is 61.8 Å². The minimum atomic E-state index is 0.641. The summed E-state index contributed by atoms with van der Waals surface area (Å²) < 4.78 is 2.21. The van der Waals surface area contributed by atoms with Gasteiger partial charge in [-0.1, -0.05) is 170 Å². The van der Waals surface area contributed by atoms with Crippen molar-refractivity contribution in [3.63, 3.8) is 0 Å². The molecule has 0 atom stereocenters. The van der Waals surface area contributed by atoms with E-state index in [4.69, 9.17) is 9.97 Å². The molecule has 0 radical (unpaired) electrons. The lowest BCUT2D eigenvalue weighted by molar-refractivity contribution is 0.995. The lowest BCUT2D eigenvalue weighted by atomic mass is 9.91. The van der Waals surface area contributed by atoms with E-state index in [9.17, 15) is 0 Å². The van der Waals surface area contributed by atoms with Gasteiger partial charge in [0, 0.05) is 21.9 Å². The Bertz CT molecular complexity index is 2880. The molecule has 10 rings (SSSR count). The van der Waals surface area contributed by atoms with Crippen LogP contribution in [-0.2, 0) is 0 Å². The van der Waals surface area contributed by atoms with Gasteiger partial charge in [-0.3, -0.25) is 4.57 Å². The molecule has 0 saturated carbocycles. The summed E-state index contributed by atoms with van der Waals surface area (Å²) in [4.78, 5) is 10.7. The molecule has 10 aromatic rings. The average molecular weight is 676 g/mol. The van der Waals surface area contributed by atoms with Crippen molar-refractivity contribution in [3.05, 3.63) is 200 Å². The monoisotopic (exact) mass is 675 g/mol. The maximum absolute atomic E-state index is 5.37. The first-order valence-corrected chi connectivity index (χ1v) is 18.0. The number of hydrogen-bond acceptors (Lipinski definition) is 2. The van der Waals surface area contributed by atoms with E-state index in [2.05, 4.69) is 205 Å². The summed E-state index contributed by atoms with van der Waals surface area (Å²) >= 11 is 0. The van der Waals surface area contributed by atoms with Crippen molar-refractivity contribution in [2.24, 2.45) is 0 Å². The molecule has 3 nitrogen and oxygen atoms in total. The van der Waals surface area contributed by atoms with Crippen LogP contribution < -0.4 is 0 Å². The summed E-state index contributed by atoms with van der Waals surface area (Å²) in [6.07, 6.45) is 0. The molecule has 0 amide bonds. The van der Waals surface area contributed by atoms with Crippen LogP contribution >= 0.6 is 0 Å². The van der Waals surface area contributed by atoms with Gasteiger partial charge in [-0.2, -0.15) is 0 Å². The quantitative estimate of drug-likeness (QED) is 0.176. The number of benzene rings is 8. The van der Waals surface area contributed by atoms with Gasteiger partial charge in [0.2, 0.25) is 5.95 Å². The number of rotatable bonds is 6. The van der Waals surface area contributed by atoms with E-state index >= 15 is 0 Å². The van der Waals surface area contributed by atoms with Crippen molar-refractivity contribution in [1.29, 1.82) is 0 Å². The van der Waals surface area contributed by atoms with E-state index < -0.39 is 0 Å². The standard InChI is InChI=1S/C50H33N3/c1-3-15-34(16-4-1)37-21-11-23-39(31-37)45-33-46(52-50(51-45)53-47-29-9-7-25-43(47)44-26-8-10-30-48(44)53)40-24-12-22-38(32-40)42-28-14-20-36-19-13-27-41(49(36)42)35-17-5-2-6-18-35/h1-33H. The van der Waals surface area contributed by atoms with Gasteiger partial charge in [-0.25, -0.2) is 9.97 Å². The Labute approximate surface area is 308 Å². The Morgan fingerprint density at radius 1 is 0.321 bits per heavy atom. The van der Waals surface area contributed by atoms with E-state index in [0.717, 1.165) is 44.7 Å². The van der Waals surface area contributed by atoms with Crippen LogP contribution in [0.25, 0.3) is 94.4 Å². The second-order valence-corrected chi connectivity index (χ2v) is 13.4. The molecule has 3 heteroatoms. The van der Waals surface area contributed by atoms with Crippen LogP contribution in [0.15, 0.2) is 200 Å². The molecule has 248 valence electrons. The zero-order chi connectivity index (χ0) is 35.1. The van der Waals surface area contributed by atoms with Gasteiger partial charge in [-0.15, -0.1) is 0 Å². The fraction of sp³-hybridized carbons (Fsp3) is 0. The number of hydrogen-bond donors (Lipinski definition) is 0. The molecule has 0 aliphatic rings. The van der Waals surface area contributed by atoms with Crippen LogP contribution in [0.3, 0.4) is 0 Å². The first-order chi connectivity index (χ1) is 26.3. The van der Waals surface area contributed by atoms with Crippen molar-refractivity contribution in [2.45, 2.75) is 0 Å². The second kappa shape index (κ2) is 12.9. The fourth-order valence-corrected chi connectivity index (χ4v) is 7.74. The molecule has 2 aromatic heterocycles. The molecule has 53 heavy (non-hydrogen) atoms. The lowest BCUT2D eigenvalue weighted by Crippen LogP contribution is -2.04. The summed E-state index contributed by atoms with van der Waals surface area (Å²) in [7, 11) is 0. The van der Waals surface area contributed by atoms with Crippen LogP contribution in [0.1, 0.15) is 0 Å². The number of fused-ring (bicyclic) bond motifs is 4. The molecule has 0 fully saturated rings. The van der Waals surface area contributed by atoms with E-state index in [-0.39, 0.29) is 0 Å². The van der Waals surface area contributed by atoms with Gasteiger partial charge >= 0.3 is 0 Å². The minimum absolute atomic E-state index is 0.641. The Morgan fingerprint density at radius 2 is 0.774 bits per heavy atom. The van der Waals surface area contributed by atoms with Gasteiger partial charge < -0.3 is 0 Å². The van der Waals surface area contributed by atoms with Crippen LogP contribution in [0.5, 0.6) is 0 Å². The normalized spacial score (nSPS) is 11.4. The van der Waals surface area contributed by atoms with Crippen molar-refractivity contribution < 1.29 is 0 Å². The minimum Gasteiger partial charge on any atom is -0.278 e. The summed E-state index contributed by atoms with van der Waals surface area (Å²) in [5, 5.41) is 4.81. The first kappa shape index (κ1) is 30.7. The topological polar surface area (TPSA) is 30.7 Å². The predicted octanol–water partition coefficient (Wildman–Crippen LogP) is 13.1. The van der Waals surface area contributed by atoms with Crippen molar-refractivity contribution >= 4 is 32.6 Å². The Kier molecular flexibility index (Phi) is 7.47. The van der Waals surface area contributed by atoms with Crippen LogP contribution in [0.4, 0.5) is 0 Å². The SMILES string of the molecule is c1ccc(-c2cccc(-c3cc(-c4cccc(-c5cccc6cccc(-c7ccccc7)c56)c4)nc(-n4c5ccccc5c5ccccc54)n3)c2)cc1. The van der Waals surface area contributed by atoms with E-state index in [1.807, 2.05) is 0 Å². The summed E-state index contributed by atoms with van der Waals surface area (Å²) in [5.41, 5.74) is 13.0. The summed E-state index contributed by atoms with van der Waals surface area (Å²) in [6.45, 7) is 0. The van der Waals surface area contributed by atoms with Gasteiger partial charge in [0.25, 0.3) is 0 Å². The zero-order valence-electron chi connectivity index (χ0n) is 28.9. The third-order valence-electron chi connectivity index (χ3n) is 10.2. The van der Waals surface area contributed by atoms with Gasteiger partial charge in [-0.05, 0) is 74.5 Å². The van der Waals surface area contributed by atoms with E-state index in [1.54, 1.807) is 0 Å². The van der Waals surface area contributed by atoms with Crippen LogP contribution in [0.2, 0.25) is 0 Å². The molecule has 0 aliphatic carbocycles. The number of nitrogens with zero attached hydrogens (tertiary/aromatic N) is 3. The molecule has 0 saturated heterocycles. The highest BCUT2D eigenvalue weighted by molar-refractivity contribution is 6.09. The van der Waals surface area contributed by atoms with Crippen LogP contribution in [0, 0.1) is 0 Å². The Morgan fingerprint density at radius 3 is 1.40 bits per heavy atom. The second-order valence-electron chi connectivity index (χ2n) is 13.4.